The first-order valence-electron chi connectivity index (χ1n) is 6.93. The Bertz CT molecular complexity index is 668. The van der Waals surface area contributed by atoms with Crippen LogP contribution in [-0.2, 0) is 0 Å². The van der Waals surface area contributed by atoms with E-state index in [4.69, 9.17) is 11.6 Å². The zero-order chi connectivity index (χ0) is 15.4. The lowest BCUT2D eigenvalue weighted by atomic mass is 10.1. The molecule has 0 bridgehead atoms. The Balaban J connectivity index is 2.20. The van der Waals surface area contributed by atoms with E-state index >= 15 is 0 Å². The summed E-state index contributed by atoms with van der Waals surface area (Å²) in [5.41, 5.74) is 4.39. The van der Waals surface area contributed by atoms with E-state index in [2.05, 4.69) is 10.6 Å². The van der Waals surface area contributed by atoms with Crippen molar-refractivity contribution in [2.24, 2.45) is 0 Å². The van der Waals surface area contributed by atoms with Crippen LogP contribution < -0.4 is 10.6 Å². The van der Waals surface area contributed by atoms with Gasteiger partial charge in [0.1, 0.15) is 0 Å². The predicted octanol–water partition coefficient (Wildman–Crippen LogP) is 4.64. The van der Waals surface area contributed by atoms with Gasteiger partial charge in [0, 0.05) is 17.8 Å². The summed E-state index contributed by atoms with van der Waals surface area (Å²) in [4.78, 5) is 12.3. The highest BCUT2D eigenvalue weighted by Crippen LogP contribution is 2.24. The van der Waals surface area contributed by atoms with Gasteiger partial charge in [-0.15, -0.1) is 0 Å². The van der Waals surface area contributed by atoms with Crippen molar-refractivity contribution in [3.8, 4) is 0 Å². The average Bonchev–Trinajstić information content (AvgIpc) is 2.45. The lowest BCUT2D eigenvalue weighted by molar-refractivity contribution is 0.102. The topological polar surface area (TPSA) is 41.1 Å². The Hall–Kier alpha value is -2.00. The van der Waals surface area contributed by atoms with Crippen molar-refractivity contribution < 1.29 is 4.79 Å². The van der Waals surface area contributed by atoms with Crippen molar-refractivity contribution in [2.75, 3.05) is 17.2 Å². The van der Waals surface area contributed by atoms with E-state index in [0.29, 0.717) is 16.3 Å². The highest BCUT2D eigenvalue weighted by Gasteiger charge is 2.10. The van der Waals surface area contributed by atoms with Crippen molar-refractivity contribution in [3.05, 3.63) is 58.1 Å². The fraction of sp³-hybridized carbons (Fsp3) is 0.235. The first kappa shape index (κ1) is 15.4. The standard InChI is InChI=1S/C17H19ClN2O/c1-4-19-15-8-6-13(10-12(15)3)17(21)20-16-9-11(2)5-7-14(16)18/h5-10,19H,4H2,1-3H3,(H,20,21). The molecule has 2 aromatic carbocycles. The molecule has 0 saturated carbocycles. The lowest BCUT2D eigenvalue weighted by Gasteiger charge is -2.11. The van der Waals surface area contributed by atoms with Crippen molar-refractivity contribution in [1.82, 2.24) is 0 Å². The minimum absolute atomic E-state index is 0.159. The van der Waals surface area contributed by atoms with Gasteiger partial charge in [-0.3, -0.25) is 4.79 Å². The number of amides is 1. The second-order valence-electron chi connectivity index (χ2n) is 5.00. The minimum atomic E-state index is -0.159. The van der Waals surface area contributed by atoms with Gasteiger partial charge in [0.25, 0.3) is 5.91 Å². The number of nitrogens with one attached hydrogen (secondary N) is 2. The number of rotatable bonds is 4. The molecular weight excluding hydrogens is 284 g/mol. The summed E-state index contributed by atoms with van der Waals surface area (Å²) < 4.78 is 0. The van der Waals surface area contributed by atoms with Crippen LogP contribution in [0.5, 0.6) is 0 Å². The molecule has 0 radical (unpaired) electrons. The number of anilines is 2. The Morgan fingerprint density at radius 2 is 1.86 bits per heavy atom. The van der Waals surface area contributed by atoms with Crippen LogP contribution in [-0.4, -0.2) is 12.5 Å². The summed E-state index contributed by atoms with van der Waals surface area (Å²) >= 11 is 6.10. The van der Waals surface area contributed by atoms with Crippen LogP contribution in [0.2, 0.25) is 5.02 Å². The first-order valence-corrected chi connectivity index (χ1v) is 7.31. The molecule has 0 heterocycles. The summed E-state index contributed by atoms with van der Waals surface area (Å²) in [5.74, 6) is -0.159. The Morgan fingerprint density at radius 1 is 1.10 bits per heavy atom. The van der Waals surface area contributed by atoms with Crippen LogP contribution in [0.1, 0.15) is 28.4 Å². The quantitative estimate of drug-likeness (QED) is 0.863. The van der Waals surface area contributed by atoms with E-state index in [1.165, 1.54) is 0 Å². The highest BCUT2D eigenvalue weighted by molar-refractivity contribution is 6.34. The van der Waals surface area contributed by atoms with Gasteiger partial charge in [-0.25, -0.2) is 0 Å². The smallest absolute Gasteiger partial charge is 0.255 e. The molecule has 0 aliphatic carbocycles. The van der Waals surface area contributed by atoms with Crippen LogP contribution >= 0.6 is 11.6 Å². The van der Waals surface area contributed by atoms with Gasteiger partial charge in [0.05, 0.1) is 10.7 Å². The predicted molar refractivity (Wildman–Crippen MR) is 89.5 cm³/mol. The summed E-state index contributed by atoms with van der Waals surface area (Å²) in [6.07, 6.45) is 0. The Morgan fingerprint density at radius 3 is 2.52 bits per heavy atom. The van der Waals surface area contributed by atoms with Crippen LogP contribution in [0.4, 0.5) is 11.4 Å². The van der Waals surface area contributed by atoms with Crippen LogP contribution in [0.25, 0.3) is 0 Å². The third-order valence-electron chi connectivity index (χ3n) is 3.23. The lowest BCUT2D eigenvalue weighted by Crippen LogP contribution is -2.13. The normalized spacial score (nSPS) is 10.3. The first-order chi connectivity index (χ1) is 10.0. The van der Waals surface area contributed by atoms with E-state index in [-0.39, 0.29) is 5.91 Å². The number of carbonyl (C=O) groups is 1. The van der Waals surface area contributed by atoms with E-state index in [0.717, 1.165) is 23.4 Å². The Kier molecular flexibility index (Phi) is 4.86. The molecule has 0 unspecified atom stereocenters. The second kappa shape index (κ2) is 6.64. The molecule has 21 heavy (non-hydrogen) atoms. The number of benzene rings is 2. The fourth-order valence-electron chi connectivity index (χ4n) is 2.12. The number of hydrogen-bond donors (Lipinski definition) is 2. The highest BCUT2D eigenvalue weighted by atomic mass is 35.5. The second-order valence-corrected chi connectivity index (χ2v) is 5.40. The van der Waals surface area contributed by atoms with Gasteiger partial charge in [-0.2, -0.15) is 0 Å². The van der Waals surface area contributed by atoms with Gasteiger partial charge in [0.2, 0.25) is 0 Å². The van der Waals surface area contributed by atoms with Gasteiger partial charge in [0.15, 0.2) is 0 Å². The van der Waals surface area contributed by atoms with E-state index in [1.54, 1.807) is 6.07 Å². The van der Waals surface area contributed by atoms with Gasteiger partial charge >= 0.3 is 0 Å². The maximum atomic E-state index is 12.3. The zero-order valence-electron chi connectivity index (χ0n) is 12.5. The molecule has 0 aromatic heterocycles. The van der Waals surface area contributed by atoms with Gasteiger partial charge < -0.3 is 10.6 Å². The molecule has 2 aromatic rings. The SMILES string of the molecule is CCNc1ccc(C(=O)Nc2cc(C)ccc2Cl)cc1C. The fourth-order valence-corrected chi connectivity index (χ4v) is 2.29. The minimum Gasteiger partial charge on any atom is -0.385 e. The molecule has 0 fully saturated rings. The summed E-state index contributed by atoms with van der Waals surface area (Å²) in [7, 11) is 0. The van der Waals surface area contributed by atoms with Crippen LogP contribution in [0, 0.1) is 13.8 Å². The van der Waals surface area contributed by atoms with E-state index < -0.39 is 0 Å². The largest absolute Gasteiger partial charge is 0.385 e. The molecule has 1 amide bonds. The molecular formula is C17H19ClN2O. The van der Waals surface area contributed by atoms with Crippen LogP contribution in [0.15, 0.2) is 36.4 Å². The van der Waals surface area contributed by atoms with Gasteiger partial charge in [-0.1, -0.05) is 17.7 Å². The van der Waals surface area contributed by atoms with E-state index in [9.17, 15) is 4.79 Å². The molecule has 0 aliphatic heterocycles. The number of halogens is 1. The molecule has 2 rings (SSSR count). The monoisotopic (exact) mass is 302 g/mol. The molecule has 0 atom stereocenters. The maximum absolute atomic E-state index is 12.3. The molecule has 0 saturated heterocycles. The van der Waals surface area contributed by atoms with E-state index in [1.807, 2.05) is 51.1 Å². The summed E-state index contributed by atoms with van der Waals surface area (Å²) in [5, 5.41) is 6.65. The number of carbonyl (C=O) groups excluding carboxylic acids is 1. The zero-order valence-corrected chi connectivity index (χ0v) is 13.2. The maximum Gasteiger partial charge on any atom is 0.255 e. The summed E-state index contributed by atoms with van der Waals surface area (Å²) in [6, 6.07) is 11.2. The van der Waals surface area contributed by atoms with Crippen molar-refractivity contribution in [2.45, 2.75) is 20.8 Å². The number of hydrogen-bond acceptors (Lipinski definition) is 2. The van der Waals surface area contributed by atoms with Gasteiger partial charge in [-0.05, 0) is 62.2 Å². The third-order valence-corrected chi connectivity index (χ3v) is 3.56. The Labute approximate surface area is 130 Å². The summed E-state index contributed by atoms with van der Waals surface area (Å²) in [6.45, 7) is 6.83. The van der Waals surface area contributed by atoms with Crippen molar-refractivity contribution in [1.29, 1.82) is 0 Å². The molecule has 110 valence electrons. The van der Waals surface area contributed by atoms with Crippen LogP contribution in [0.3, 0.4) is 0 Å². The molecule has 3 nitrogen and oxygen atoms in total. The molecule has 0 spiro atoms. The molecule has 0 aliphatic rings. The number of aryl methyl sites for hydroxylation is 2. The van der Waals surface area contributed by atoms with Crippen molar-refractivity contribution in [3.63, 3.8) is 0 Å². The third kappa shape index (κ3) is 3.76. The van der Waals surface area contributed by atoms with Crippen molar-refractivity contribution >= 4 is 28.9 Å². The molecule has 2 N–H and O–H groups in total. The average molecular weight is 303 g/mol. The molecule has 4 heteroatoms.